The highest BCUT2D eigenvalue weighted by Gasteiger charge is 2.59. The molecule has 0 heterocycles. The second kappa shape index (κ2) is 13.1. The minimum atomic E-state index is -0.320. The van der Waals surface area contributed by atoms with Crippen LogP contribution < -0.4 is 0 Å². The number of aliphatic hydroxyl groups is 1. The van der Waals surface area contributed by atoms with Gasteiger partial charge >= 0.3 is 5.97 Å². The van der Waals surface area contributed by atoms with E-state index in [-0.39, 0.29) is 29.8 Å². The van der Waals surface area contributed by atoms with Crippen molar-refractivity contribution in [1.29, 1.82) is 0 Å². The van der Waals surface area contributed by atoms with Crippen LogP contribution in [-0.4, -0.2) is 22.3 Å². The maximum absolute atomic E-state index is 12.7. The second-order valence-corrected chi connectivity index (χ2v) is 15.6. The molecule has 238 valence electrons. The van der Waals surface area contributed by atoms with Gasteiger partial charge in [0.1, 0.15) is 11.9 Å². The van der Waals surface area contributed by atoms with Gasteiger partial charge in [0.15, 0.2) is 0 Å². The zero-order valence-electron chi connectivity index (χ0n) is 27.8. The SMILES string of the molecule is CCC(CC[C@@H](C)C1CCC2C3CC=C4C[C@@H](OC(=O)/C=C/c5ccc(O)c(CO)c5)CC[C@]4(C)C3CC[C@@]21C)C(C)C. The summed E-state index contributed by atoms with van der Waals surface area (Å²) >= 11 is 0. The van der Waals surface area contributed by atoms with Gasteiger partial charge < -0.3 is 14.9 Å². The number of fused-ring (bicyclic) bond motifs is 5. The number of phenols is 1. The first-order chi connectivity index (χ1) is 20.5. The van der Waals surface area contributed by atoms with E-state index in [0.29, 0.717) is 11.0 Å². The Morgan fingerprint density at radius 1 is 1.07 bits per heavy atom. The third-order valence-electron chi connectivity index (χ3n) is 13.2. The van der Waals surface area contributed by atoms with Gasteiger partial charge in [0.25, 0.3) is 0 Å². The number of esters is 1. The van der Waals surface area contributed by atoms with Gasteiger partial charge in [-0.3, -0.25) is 0 Å². The van der Waals surface area contributed by atoms with Gasteiger partial charge in [0.05, 0.1) is 6.61 Å². The number of aromatic hydroxyl groups is 1. The smallest absolute Gasteiger partial charge is 0.331 e. The lowest BCUT2D eigenvalue weighted by Gasteiger charge is -2.58. The topological polar surface area (TPSA) is 66.8 Å². The number of carbonyl (C=O) groups excluding carboxylic acids is 1. The Balaban J connectivity index is 1.20. The minimum Gasteiger partial charge on any atom is -0.508 e. The molecule has 4 heteroatoms. The number of aliphatic hydroxyl groups excluding tert-OH is 1. The summed E-state index contributed by atoms with van der Waals surface area (Å²) in [5.74, 6) is 5.53. The number of benzene rings is 1. The fourth-order valence-electron chi connectivity index (χ4n) is 10.6. The summed E-state index contributed by atoms with van der Waals surface area (Å²) in [5.41, 5.74) is 3.48. The third-order valence-corrected chi connectivity index (χ3v) is 13.2. The highest BCUT2D eigenvalue weighted by atomic mass is 16.5. The third kappa shape index (κ3) is 6.37. The van der Waals surface area contributed by atoms with E-state index in [9.17, 15) is 15.0 Å². The molecule has 1 aromatic carbocycles. The van der Waals surface area contributed by atoms with Crippen molar-refractivity contribution in [3.05, 3.63) is 47.1 Å². The summed E-state index contributed by atoms with van der Waals surface area (Å²) in [5, 5.41) is 19.2. The van der Waals surface area contributed by atoms with Crippen LogP contribution in [0.15, 0.2) is 35.9 Å². The van der Waals surface area contributed by atoms with Crippen LogP contribution in [-0.2, 0) is 16.1 Å². The van der Waals surface area contributed by atoms with E-state index in [1.807, 2.05) is 0 Å². The molecule has 5 unspecified atom stereocenters. The molecule has 0 aromatic heterocycles. The molecule has 43 heavy (non-hydrogen) atoms. The van der Waals surface area contributed by atoms with Gasteiger partial charge in [0.2, 0.25) is 0 Å². The Kier molecular flexibility index (Phi) is 9.86. The molecule has 9 atom stereocenters. The van der Waals surface area contributed by atoms with Gasteiger partial charge in [-0.2, -0.15) is 0 Å². The van der Waals surface area contributed by atoms with Crippen molar-refractivity contribution in [3.8, 4) is 5.75 Å². The molecular weight excluding hydrogens is 532 g/mol. The molecule has 2 N–H and O–H groups in total. The second-order valence-electron chi connectivity index (χ2n) is 15.6. The molecule has 3 fully saturated rings. The van der Waals surface area contributed by atoms with E-state index in [0.717, 1.165) is 66.3 Å². The number of hydrogen-bond acceptors (Lipinski definition) is 4. The Morgan fingerprint density at radius 3 is 2.58 bits per heavy atom. The number of allylic oxidation sites excluding steroid dienone is 1. The highest BCUT2D eigenvalue weighted by molar-refractivity contribution is 5.87. The van der Waals surface area contributed by atoms with Gasteiger partial charge in [-0.15, -0.1) is 0 Å². The largest absolute Gasteiger partial charge is 0.508 e. The molecule has 1 aromatic rings. The zero-order valence-corrected chi connectivity index (χ0v) is 27.8. The van der Waals surface area contributed by atoms with E-state index < -0.39 is 0 Å². The van der Waals surface area contributed by atoms with E-state index >= 15 is 0 Å². The summed E-state index contributed by atoms with van der Waals surface area (Å²) in [6.07, 6.45) is 19.5. The van der Waals surface area contributed by atoms with Crippen LogP contribution in [0.4, 0.5) is 0 Å². The molecule has 0 amide bonds. The summed E-state index contributed by atoms with van der Waals surface area (Å²) in [6.45, 7) is 14.7. The van der Waals surface area contributed by atoms with Crippen molar-refractivity contribution >= 4 is 12.0 Å². The van der Waals surface area contributed by atoms with E-state index in [2.05, 4.69) is 47.6 Å². The molecule has 0 radical (unpaired) electrons. The van der Waals surface area contributed by atoms with Crippen LogP contribution in [0.1, 0.15) is 123 Å². The van der Waals surface area contributed by atoms with Crippen LogP contribution in [0.2, 0.25) is 0 Å². The molecular formula is C39H58O4. The first-order valence-electron chi connectivity index (χ1n) is 17.5. The van der Waals surface area contributed by atoms with Crippen molar-refractivity contribution in [1.82, 2.24) is 0 Å². The van der Waals surface area contributed by atoms with Gasteiger partial charge in [-0.1, -0.05) is 72.1 Å². The Hall–Kier alpha value is -2.07. The molecule has 3 saturated carbocycles. The lowest BCUT2D eigenvalue weighted by Crippen LogP contribution is -2.51. The van der Waals surface area contributed by atoms with Crippen LogP contribution in [0.25, 0.3) is 6.08 Å². The number of rotatable bonds is 10. The monoisotopic (exact) mass is 590 g/mol. The summed E-state index contributed by atoms with van der Waals surface area (Å²) in [6, 6.07) is 4.95. The van der Waals surface area contributed by atoms with Crippen LogP contribution in [0.3, 0.4) is 0 Å². The molecule has 4 nitrogen and oxygen atoms in total. The Labute approximate surface area is 261 Å². The molecule has 0 spiro atoms. The first kappa shape index (κ1) is 32.3. The number of carbonyl (C=O) groups is 1. The molecule has 0 saturated heterocycles. The predicted molar refractivity (Wildman–Crippen MR) is 175 cm³/mol. The molecule has 0 aliphatic heterocycles. The average molecular weight is 591 g/mol. The Morgan fingerprint density at radius 2 is 1.86 bits per heavy atom. The van der Waals surface area contributed by atoms with E-state index in [1.54, 1.807) is 23.8 Å². The van der Waals surface area contributed by atoms with E-state index in [1.165, 1.54) is 63.5 Å². The number of ether oxygens (including phenoxy) is 1. The molecule has 0 bridgehead atoms. The van der Waals surface area contributed by atoms with Crippen LogP contribution in [0, 0.1) is 52.3 Å². The van der Waals surface area contributed by atoms with Crippen molar-refractivity contribution in [3.63, 3.8) is 0 Å². The van der Waals surface area contributed by atoms with Crippen LogP contribution >= 0.6 is 0 Å². The maximum Gasteiger partial charge on any atom is 0.331 e. The van der Waals surface area contributed by atoms with Gasteiger partial charge in [-0.25, -0.2) is 4.79 Å². The fourth-order valence-corrected chi connectivity index (χ4v) is 10.6. The summed E-state index contributed by atoms with van der Waals surface area (Å²) < 4.78 is 5.95. The normalized spacial score (nSPS) is 35.2. The zero-order chi connectivity index (χ0) is 30.9. The van der Waals surface area contributed by atoms with Crippen molar-refractivity contribution in [2.75, 3.05) is 0 Å². The van der Waals surface area contributed by atoms with E-state index in [4.69, 9.17) is 4.74 Å². The van der Waals surface area contributed by atoms with Crippen LogP contribution in [0.5, 0.6) is 5.75 Å². The predicted octanol–water partition coefficient (Wildman–Crippen LogP) is 9.49. The lowest BCUT2D eigenvalue weighted by molar-refractivity contribution is -0.145. The Bertz CT molecular complexity index is 1200. The van der Waals surface area contributed by atoms with Gasteiger partial charge in [0, 0.05) is 18.1 Å². The maximum atomic E-state index is 12.7. The summed E-state index contributed by atoms with van der Waals surface area (Å²) in [7, 11) is 0. The molecule has 5 rings (SSSR count). The minimum absolute atomic E-state index is 0.0579. The summed E-state index contributed by atoms with van der Waals surface area (Å²) in [4.78, 5) is 12.7. The standard InChI is InChI=1S/C39H58O4/c1-7-28(25(2)3)11-8-26(4)33-14-15-34-32-13-12-30-23-31(18-20-38(30,5)35(32)19-21-39(33,34)6)43-37(42)17-10-27-9-16-36(41)29(22-27)24-40/h9-10,12,16-17,22,25-26,28,31-35,40-41H,7-8,11,13-15,18-21,23-24H2,1-6H3/b17-10+/t26-,28?,31+,32?,33?,34?,35?,38+,39-/m1/s1. The molecule has 4 aliphatic carbocycles. The van der Waals surface area contributed by atoms with Gasteiger partial charge in [-0.05, 0) is 127 Å². The van der Waals surface area contributed by atoms with Crippen molar-refractivity contribution in [2.45, 2.75) is 125 Å². The molecule has 4 aliphatic rings. The number of hydrogen-bond donors (Lipinski definition) is 2. The highest BCUT2D eigenvalue weighted by Crippen LogP contribution is 2.67. The first-order valence-corrected chi connectivity index (χ1v) is 17.5. The average Bonchev–Trinajstić information content (AvgIpc) is 3.34. The fraction of sp³-hybridized carbons (Fsp3) is 0.718. The van der Waals surface area contributed by atoms with Crippen molar-refractivity contribution in [2.24, 2.45) is 52.3 Å². The lowest BCUT2D eigenvalue weighted by atomic mass is 9.47. The van der Waals surface area contributed by atoms with Crippen molar-refractivity contribution < 1.29 is 19.7 Å². The quantitative estimate of drug-likeness (QED) is 0.162.